The Balaban J connectivity index is 1.64. The Kier molecular flexibility index (Phi) is 4.03. The number of thioether (sulfide) groups is 1. The van der Waals surface area contributed by atoms with Gasteiger partial charge in [0.1, 0.15) is 0 Å². The maximum Gasteiger partial charge on any atom is 0.253 e. The van der Waals surface area contributed by atoms with Crippen LogP contribution >= 0.6 is 11.8 Å². The Morgan fingerprint density at radius 3 is 2.75 bits per heavy atom. The Labute approximate surface area is 124 Å². The minimum atomic E-state index is -1.14. The molecule has 108 valence electrons. The van der Waals surface area contributed by atoms with Crippen molar-refractivity contribution in [1.29, 1.82) is 0 Å². The predicted octanol–water partition coefficient (Wildman–Crippen LogP) is 1.99. The molecule has 1 aliphatic carbocycles. The summed E-state index contributed by atoms with van der Waals surface area (Å²) in [6.07, 6.45) is 3.81. The van der Waals surface area contributed by atoms with Crippen molar-refractivity contribution in [3.8, 4) is 0 Å². The standard InChI is InChI=1S/C16H21NO2S/c18-15(16(19)8-9-20-11-16)17-14(13-6-7-13)10-12-4-2-1-3-5-12/h1-5,13-14,19H,6-11H2,(H,17,18). The molecule has 1 heterocycles. The first-order chi connectivity index (χ1) is 9.67. The van der Waals surface area contributed by atoms with Crippen molar-refractivity contribution >= 4 is 17.7 Å². The van der Waals surface area contributed by atoms with E-state index < -0.39 is 5.60 Å². The lowest BCUT2D eigenvalue weighted by Gasteiger charge is -2.25. The van der Waals surface area contributed by atoms with Crippen LogP contribution in [0, 0.1) is 5.92 Å². The quantitative estimate of drug-likeness (QED) is 0.872. The second kappa shape index (κ2) is 5.78. The molecule has 1 aliphatic heterocycles. The third-order valence-electron chi connectivity index (χ3n) is 4.23. The zero-order valence-electron chi connectivity index (χ0n) is 11.5. The highest BCUT2D eigenvalue weighted by molar-refractivity contribution is 7.99. The van der Waals surface area contributed by atoms with Gasteiger partial charge in [-0.2, -0.15) is 11.8 Å². The first-order valence-electron chi connectivity index (χ1n) is 7.32. The number of aliphatic hydroxyl groups is 1. The highest BCUT2D eigenvalue weighted by Gasteiger charge is 2.42. The van der Waals surface area contributed by atoms with Crippen molar-refractivity contribution in [3.63, 3.8) is 0 Å². The van der Waals surface area contributed by atoms with Crippen molar-refractivity contribution < 1.29 is 9.90 Å². The number of nitrogens with one attached hydrogen (secondary N) is 1. The number of hydrogen-bond acceptors (Lipinski definition) is 3. The zero-order chi connectivity index (χ0) is 14.0. The maximum atomic E-state index is 12.3. The largest absolute Gasteiger partial charge is 0.379 e. The van der Waals surface area contributed by atoms with Crippen LogP contribution in [-0.4, -0.2) is 34.2 Å². The predicted molar refractivity (Wildman–Crippen MR) is 81.7 cm³/mol. The summed E-state index contributed by atoms with van der Waals surface area (Å²) in [5.41, 5.74) is 0.103. The van der Waals surface area contributed by atoms with Gasteiger partial charge in [-0.25, -0.2) is 0 Å². The van der Waals surface area contributed by atoms with Gasteiger partial charge < -0.3 is 10.4 Å². The van der Waals surface area contributed by atoms with Gasteiger partial charge >= 0.3 is 0 Å². The third-order valence-corrected chi connectivity index (χ3v) is 5.40. The van der Waals surface area contributed by atoms with Crippen LogP contribution in [0.1, 0.15) is 24.8 Å². The summed E-state index contributed by atoms with van der Waals surface area (Å²) in [5, 5.41) is 13.5. The number of rotatable bonds is 5. The molecular weight excluding hydrogens is 270 g/mol. The molecule has 1 saturated carbocycles. The molecule has 2 fully saturated rings. The highest BCUT2D eigenvalue weighted by Crippen LogP contribution is 2.35. The van der Waals surface area contributed by atoms with Crippen LogP contribution in [0.3, 0.4) is 0 Å². The molecule has 4 heteroatoms. The van der Waals surface area contributed by atoms with E-state index in [0.717, 1.165) is 12.2 Å². The van der Waals surface area contributed by atoms with Gasteiger partial charge in [0.05, 0.1) is 0 Å². The molecule has 2 N–H and O–H groups in total. The van der Waals surface area contributed by atoms with Gasteiger partial charge in [0.15, 0.2) is 5.60 Å². The van der Waals surface area contributed by atoms with E-state index in [9.17, 15) is 9.90 Å². The first kappa shape index (κ1) is 14.0. The number of carbonyl (C=O) groups is 1. The SMILES string of the molecule is O=C(NC(Cc1ccccc1)C1CC1)C1(O)CCSC1. The van der Waals surface area contributed by atoms with E-state index in [2.05, 4.69) is 17.4 Å². The van der Waals surface area contributed by atoms with Crippen LogP contribution in [0.2, 0.25) is 0 Å². The molecule has 0 spiro atoms. The Morgan fingerprint density at radius 2 is 2.15 bits per heavy atom. The van der Waals surface area contributed by atoms with E-state index in [0.29, 0.717) is 18.1 Å². The Hall–Kier alpha value is -1.00. The van der Waals surface area contributed by atoms with Gasteiger partial charge in [-0.3, -0.25) is 4.79 Å². The molecule has 20 heavy (non-hydrogen) atoms. The molecule has 0 aromatic heterocycles. The molecule has 2 atom stereocenters. The van der Waals surface area contributed by atoms with Crippen LogP contribution in [0.5, 0.6) is 0 Å². The summed E-state index contributed by atoms with van der Waals surface area (Å²) in [7, 11) is 0. The topological polar surface area (TPSA) is 49.3 Å². The van der Waals surface area contributed by atoms with Gasteiger partial charge in [0.2, 0.25) is 0 Å². The fraction of sp³-hybridized carbons (Fsp3) is 0.562. The lowest BCUT2D eigenvalue weighted by Crippen LogP contribution is -2.51. The number of carbonyl (C=O) groups excluding carboxylic acids is 1. The van der Waals surface area contributed by atoms with Gasteiger partial charge in [0.25, 0.3) is 5.91 Å². The van der Waals surface area contributed by atoms with E-state index >= 15 is 0 Å². The third kappa shape index (κ3) is 3.18. The molecule has 1 aromatic carbocycles. The lowest BCUT2D eigenvalue weighted by molar-refractivity contribution is -0.138. The summed E-state index contributed by atoms with van der Waals surface area (Å²) in [4.78, 5) is 12.3. The fourth-order valence-corrected chi connectivity index (χ4v) is 3.98. The minimum Gasteiger partial charge on any atom is -0.379 e. The normalized spacial score (nSPS) is 27.2. The Morgan fingerprint density at radius 1 is 1.40 bits per heavy atom. The van der Waals surface area contributed by atoms with E-state index in [1.165, 1.54) is 18.4 Å². The second-order valence-corrected chi connectivity index (χ2v) is 7.05. The summed E-state index contributed by atoms with van der Waals surface area (Å²) in [6.45, 7) is 0. The highest BCUT2D eigenvalue weighted by atomic mass is 32.2. The van der Waals surface area contributed by atoms with Gasteiger partial charge in [-0.05, 0) is 42.9 Å². The molecule has 2 unspecified atom stereocenters. The smallest absolute Gasteiger partial charge is 0.253 e. The monoisotopic (exact) mass is 291 g/mol. The van der Waals surface area contributed by atoms with E-state index in [1.807, 2.05) is 18.2 Å². The summed E-state index contributed by atoms with van der Waals surface area (Å²) >= 11 is 1.65. The summed E-state index contributed by atoms with van der Waals surface area (Å²) in [6, 6.07) is 10.4. The van der Waals surface area contributed by atoms with Crippen molar-refractivity contribution in [2.24, 2.45) is 5.92 Å². The molecule has 1 saturated heterocycles. The fourth-order valence-electron chi connectivity index (χ4n) is 2.74. The molecule has 3 rings (SSSR count). The molecule has 0 bridgehead atoms. The number of benzene rings is 1. The zero-order valence-corrected chi connectivity index (χ0v) is 12.4. The summed E-state index contributed by atoms with van der Waals surface area (Å²) < 4.78 is 0. The van der Waals surface area contributed by atoms with Crippen LogP contribution in [0.15, 0.2) is 30.3 Å². The van der Waals surface area contributed by atoms with Crippen LogP contribution in [0.4, 0.5) is 0 Å². The molecular formula is C16H21NO2S. The molecule has 3 nitrogen and oxygen atoms in total. The van der Waals surface area contributed by atoms with Gasteiger partial charge in [-0.15, -0.1) is 0 Å². The van der Waals surface area contributed by atoms with Crippen LogP contribution in [-0.2, 0) is 11.2 Å². The van der Waals surface area contributed by atoms with E-state index in [1.54, 1.807) is 11.8 Å². The van der Waals surface area contributed by atoms with Crippen LogP contribution in [0.25, 0.3) is 0 Å². The van der Waals surface area contributed by atoms with Crippen LogP contribution < -0.4 is 5.32 Å². The van der Waals surface area contributed by atoms with Gasteiger partial charge in [-0.1, -0.05) is 30.3 Å². The van der Waals surface area contributed by atoms with Gasteiger partial charge in [0, 0.05) is 11.8 Å². The minimum absolute atomic E-state index is 0.166. The first-order valence-corrected chi connectivity index (χ1v) is 8.48. The van der Waals surface area contributed by atoms with E-state index in [4.69, 9.17) is 0 Å². The van der Waals surface area contributed by atoms with E-state index in [-0.39, 0.29) is 11.9 Å². The van der Waals surface area contributed by atoms with Crippen molar-refractivity contribution in [3.05, 3.63) is 35.9 Å². The molecule has 0 radical (unpaired) electrons. The van der Waals surface area contributed by atoms with Crippen molar-refractivity contribution in [1.82, 2.24) is 5.32 Å². The van der Waals surface area contributed by atoms with Crippen molar-refractivity contribution in [2.45, 2.75) is 37.3 Å². The lowest BCUT2D eigenvalue weighted by atomic mass is 9.98. The number of amides is 1. The Bertz CT molecular complexity index is 467. The molecule has 1 aromatic rings. The van der Waals surface area contributed by atoms with Crippen molar-refractivity contribution in [2.75, 3.05) is 11.5 Å². The average Bonchev–Trinajstić information content (AvgIpc) is 3.21. The molecule has 1 amide bonds. The summed E-state index contributed by atoms with van der Waals surface area (Å²) in [5.74, 6) is 1.81. The average molecular weight is 291 g/mol. The molecule has 2 aliphatic rings. The second-order valence-electron chi connectivity index (χ2n) is 5.94. The number of hydrogen-bond donors (Lipinski definition) is 2. The maximum absolute atomic E-state index is 12.3.